The lowest BCUT2D eigenvalue weighted by Crippen LogP contribution is -2.14. The maximum atomic E-state index is 11.8. The Morgan fingerprint density at radius 2 is 2.10 bits per heavy atom. The van der Waals surface area contributed by atoms with Gasteiger partial charge in [-0.15, -0.1) is 0 Å². The van der Waals surface area contributed by atoms with Crippen LogP contribution in [-0.2, 0) is 9.59 Å². The van der Waals surface area contributed by atoms with Crippen LogP contribution in [-0.4, -0.2) is 31.7 Å². The van der Waals surface area contributed by atoms with Gasteiger partial charge in [0.2, 0.25) is 5.91 Å². The first-order valence-corrected chi connectivity index (χ1v) is 6.13. The number of carboxylic acids is 1. The molecular weight excluding hydrogens is 260 g/mol. The van der Waals surface area contributed by atoms with Crippen LogP contribution in [0.25, 0.3) is 5.82 Å². The second kappa shape index (κ2) is 6.46. The lowest BCUT2D eigenvalue weighted by Gasteiger charge is -2.09. The normalized spacial score (nSPS) is 10.2. The zero-order valence-electron chi connectivity index (χ0n) is 10.7. The highest BCUT2D eigenvalue weighted by molar-refractivity contribution is 5.92. The Hall–Kier alpha value is -2.70. The molecule has 2 aromatic rings. The Morgan fingerprint density at radius 1 is 1.25 bits per heavy atom. The molecule has 0 radical (unpaired) electrons. The van der Waals surface area contributed by atoms with Crippen LogP contribution in [0, 0.1) is 0 Å². The van der Waals surface area contributed by atoms with Crippen molar-refractivity contribution in [1.29, 1.82) is 0 Å². The van der Waals surface area contributed by atoms with E-state index in [1.807, 2.05) is 0 Å². The van der Waals surface area contributed by atoms with Gasteiger partial charge in [0.15, 0.2) is 5.82 Å². The first-order chi connectivity index (χ1) is 9.66. The summed E-state index contributed by atoms with van der Waals surface area (Å²) >= 11 is 0. The molecule has 2 heterocycles. The van der Waals surface area contributed by atoms with E-state index in [9.17, 15) is 9.59 Å². The van der Waals surface area contributed by atoms with Gasteiger partial charge in [0.1, 0.15) is 0 Å². The zero-order valence-corrected chi connectivity index (χ0v) is 10.7. The quantitative estimate of drug-likeness (QED) is 0.831. The monoisotopic (exact) mass is 274 g/mol. The number of aromatic nitrogens is 3. The molecule has 0 aromatic carbocycles. The number of pyridine rings is 1. The molecule has 1 amide bonds. The van der Waals surface area contributed by atoms with Crippen LogP contribution in [0.1, 0.15) is 19.3 Å². The van der Waals surface area contributed by atoms with Crippen molar-refractivity contribution < 1.29 is 14.7 Å². The van der Waals surface area contributed by atoms with Crippen molar-refractivity contribution >= 4 is 17.6 Å². The molecule has 0 bridgehead atoms. The predicted octanol–water partition coefficient (Wildman–Crippen LogP) is 1.46. The van der Waals surface area contributed by atoms with Crippen molar-refractivity contribution in [3.05, 3.63) is 36.8 Å². The van der Waals surface area contributed by atoms with Gasteiger partial charge in [-0.1, -0.05) is 0 Å². The standard InChI is InChI=1S/C13H14N4O3/c18-11(5-1-6-12(19)20)16-10-4-2-7-14-13(10)17-9-3-8-15-17/h2-4,7-9H,1,5-6H2,(H,16,18)(H,19,20). The molecule has 104 valence electrons. The molecule has 0 saturated carbocycles. The van der Waals surface area contributed by atoms with E-state index < -0.39 is 5.97 Å². The van der Waals surface area contributed by atoms with Gasteiger partial charge in [-0.05, 0) is 24.6 Å². The van der Waals surface area contributed by atoms with Crippen LogP contribution in [0.5, 0.6) is 0 Å². The van der Waals surface area contributed by atoms with Crippen LogP contribution in [0.2, 0.25) is 0 Å². The molecule has 0 aliphatic heterocycles. The van der Waals surface area contributed by atoms with E-state index in [4.69, 9.17) is 5.11 Å². The Kier molecular flexibility index (Phi) is 4.43. The van der Waals surface area contributed by atoms with Crippen molar-refractivity contribution in [1.82, 2.24) is 14.8 Å². The van der Waals surface area contributed by atoms with E-state index in [1.165, 1.54) is 0 Å². The van der Waals surface area contributed by atoms with Crippen molar-refractivity contribution in [3.8, 4) is 5.82 Å². The molecule has 7 nitrogen and oxygen atoms in total. The molecule has 0 saturated heterocycles. The number of anilines is 1. The van der Waals surface area contributed by atoms with Crippen LogP contribution in [0.15, 0.2) is 36.8 Å². The number of hydrogen-bond acceptors (Lipinski definition) is 4. The van der Waals surface area contributed by atoms with Gasteiger partial charge in [0.05, 0.1) is 5.69 Å². The number of hydrogen-bond donors (Lipinski definition) is 2. The average Bonchev–Trinajstić information content (AvgIpc) is 2.92. The van der Waals surface area contributed by atoms with E-state index in [-0.39, 0.29) is 18.7 Å². The van der Waals surface area contributed by atoms with E-state index >= 15 is 0 Å². The second-order valence-corrected chi connectivity index (χ2v) is 4.12. The molecule has 0 fully saturated rings. The average molecular weight is 274 g/mol. The minimum absolute atomic E-state index is 0.0214. The summed E-state index contributed by atoms with van der Waals surface area (Å²) in [6.45, 7) is 0. The number of carbonyl (C=O) groups excluding carboxylic acids is 1. The first-order valence-electron chi connectivity index (χ1n) is 6.13. The van der Waals surface area contributed by atoms with Gasteiger partial charge < -0.3 is 10.4 Å². The molecule has 7 heteroatoms. The summed E-state index contributed by atoms with van der Waals surface area (Å²) in [6, 6.07) is 5.19. The largest absolute Gasteiger partial charge is 0.481 e. The van der Waals surface area contributed by atoms with Crippen LogP contribution >= 0.6 is 0 Å². The maximum Gasteiger partial charge on any atom is 0.303 e. The highest BCUT2D eigenvalue weighted by Crippen LogP contribution is 2.16. The van der Waals surface area contributed by atoms with E-state index in [2.05, 4.69) is 15.4 Å². The number of nitrogens with zero attached hydrogens (tertiary/aromatic N) is 3. The lowest BCUT2D eigenvalue weighted by atomic mass is 10.2. The van der Waals surface area contributed by atoms with Crippen molar-refractivity contribution in [2.75, 3.05) is 5.32 Å². The van der Waals surface area contributed by atoms with Gasteiger partial charge >= 0.3 is 5.97 Å². The topological polar surface area (TPSA) is 97.1 Å². The second-order valence-electron chi connectivity index (χ2n) is 4.12. The minimum atomic E-state index is -0.906. The smallest absolute Gasteiger partial charge is 0.303 e. The summed E-state index contributed by atoms with van der Waals surface area (Å²) < 4.78 is 1.55. The summed E-state index contributed by atoms with van der Waals surface area (Å²) in [6.07, 6.45) is 5.39. The fourth-order valence-corrected chi connectivity index (χ4v) is 1.68. The third kappa shape index (κ3) is 3.64. The molecule has 2 rings (SSSR count). The number of amides is 1. The number of rotatable bonds is 6. The molecule has 0 spiro atoms. The highest BCUT2D eigenvalue weighted by atomic mass is 16.4. The molecule has 2 N–H and O–H groups in total. The summed E-state index contributed by atoms with van der Waals surface area (Å²) in [5.74, 6) is -0.631. The third-order valence-corrected chi connectivity index (χ3v) is 2.58. The van der Waals surface area contributed by atoms with Crippen molar-refractivity contribution in [2.24, 2.45) is 0 Å². The number of aliphatic carboxylic acids is 1. The SMILES string of the molecule is O=C(O)CCCC(=O)Nc1cccnc1-n1cccn1. The molecule has 0 aliphatic rings. The summed E-state index contributed by atoms with van der Waals surface area (Å²) in [4.78, 5) is 26.3. The van der Waals surface area contributed by atoms with E-state index in [0.29, 0.717) is 17.9 Å². The first kappa shape index (κ1) is 13.7. The van der Waals surface area contributed by atoms with Gasteiger partial charge in [-0.25, -0.2) is 9.67 Å². The summed E-state index contributed by atoms with van der Waals surface area (Å²) in [5.41, 5.74) is 0.538. The fourth-order valence-electron chi connectivity index (χ4n) is 1.68. The van der Waals surface area contributed by atoms with Crippen LogP contribution < -0.4 is 5.32 Å². The van der Waals surface area contributed by atoms with Crippen molar-refractivity contribution in [2.45, 2.75) is 19.3 Å². The molecule has 0 aliphatic carbocycles. The van der Waals surface area contributed by atoms with Crippen LogP contribution in [0.3, 0.4) is 0 Å². The van der Waals surface area contributed by atoms with E-state index in [0.717, 1.165) is 0 Å². The Morgan fingerprint density at radius 3 is 2.80 bits per heavy atom. The van der Waals surface area contributed by atoms with E-state index in [1.54, 1.807) is 41.5 Å². The summed E-state index contributed by atoms with van der Waals surface area (Å²) in [7, 11) is 0. The van der Waals surface area contributed by atoms with Gasteiger partial charge in [0, 0.05) is 31.4 Å². The highest BCUT2D eigenvalue weighted by Gasteiger charge is 2.10. The third-order valence-electron chi connectivity index (χ3n) is 2.58. The molecule has 0 unspecified atom stereocenters. The molecule has 0 atom stereocenters. The molecule has 20 heavy (non-hydrogen) atoms. The number of carboxylic acid groups (broad SMARTS) is 1. The maximum absolute atomic E-state index is 11.8. The van der Waals surface area contributed by atoms with Gasteiger partial charge in [0.25, 0.3) is 0 Å². The zero-order chi connectivity index (χ0) is 14.4. The Balaban J connectivity index is 2.03. The summed E-state index contributed by atoms with van der Waals surface area (Å²) in [5, 5.41) is 15.3. The number of carbonyl (C=O) groups is 2. The predicted molar refractivity (Wildman–Crippen MR) is 71.5 cm³/mol. The number of nitrogens with one attached hydrogen (secondary N) is 1. The molecular formula is C13H14N4O3. The van der Waals surface area contributed by atoms with Crippen LogP contribution in [0.4, 0.5) is 5.69 Å². The van der Waals surface area contributed by atoms with Crippen molar-refractivity contribution in [3.63, 3.8) is 0 Å². The Labute approximate surface area is 115 Å². The fraction of sp³-hybridized carbons (Fsp3) is 0.231. The molecule has 2 aromatic heterocycles. The lowest BCUT2D eigenvalue weighted by molar-refractivity contribution is -0.137. The van der Waals surface area contributed by atoms with Gasteiger partial charge in [-0.2, -0.15) is 5.10 Å². The minimum Gasteiger partial charge on any atom is -0.481 e. The van der Waals surface area contributed by atoms with Gasteiger partial charge in [-0.3, -0.25) is 9.59 Å². The Bertz CT molecular complexity index is 595.